The number of morpholine rings is 1. The van der Waals surface area contributed by atoms with Crippen molar-refractivity contribution in [1.29, 1.82) is 0 Å². The van der Waals surface area contributed by atoms with E-state index >= 15 is 0 Å². The normalized spacial score (nSPS) is 18.6. The van der Waals surface area contributed by atoms with Crippen molar-refractivity contribution >= 4 is 0 Å². The third kappa shape index (κ3) is 1.61. The SMILES string of the molecule is C=CC(=C)N1CCOCC1. The average Bonchev–Trinajstić information content (AvgIpc) is 2.05. The quantitative estimate of drug-likeness (QED) is 0.529. The largest absolute Gasteiger partial charge is 0.378 e. The van der Waals surface area contributed by atoms with Gasteiger partial charge in [0.05, 0.1) is 13.2 Å². The molecule has 0 aromatic heterocycles. The number of nitrogens with zero attached hydrogens (tertiary/aromatic N) is 1. The van der Waals surface area contributed by atoms with Crippen LogP contribution in [-0.4, -0.2) is 31.2 Å². The molecule has 0 aromatic rings. The van der Waals surface area contributed by atoms with Gasteiger partial charge in [0.1, 0.15) is 0 Å². The fourth-order valence-corrected chi connectivity index (χ4v) is 0.980. The topological polar surface area (TPSA) is 12.5 Å². The third-order valence-corrected chi connectivity index (χ3v) is 1.65. The lowest BCUT2D eigenvalue weighted by Gasteiger charge is -2.28. The highest BCUT2D eigenvalue weighted by Crippen LogP contribution is 2.05. The summed E-state index contributed by atoms with van der Waals surface area (Å²) in [6, 6.07) is 0. The van der Waals surface area contributed by atoms with Crippen LogP contribution in [0.5, 0.6) is 0 Å². The van der Waals surface area contributed by atoms with Gasteiger partial charge in [-0.3, -0.25) is 0 Å². The summed E-state index contributed by atoms with van der Waals surface area (Å²) in [5.74, 6) is 0. The molecule has 0 radical (unpaired) electrons. The van der Waals surface area contributed by atoms with Crippen LogP contribution in [0.4, 0.5) is 0 Å². The fourth-order valence-electron chi connectivity index (χ4n) is 0.980. The summed E-state index contributed by atoms with van der Waals surface area (Å²) in [4.78, 5) is 2.18. The third-order valence-electron chi connectivity index (χ3n) is 1.65. The first-order chi connectivity index (χ1) is 4.84. The summed E-state index contributed by atoms with van der Waals surface area (Å²) in [5.41, 5.74) is 1.00. The van der Waals surface area contributed by atoms with Gasteiger partial charge in [-0.2, -0.15) is 0 Å². The minimum Gasteiger partial charge on any atom is -0.378 e. The van der Waals surface area contributed by atoms with Crippen molar-refractivity contribution < 1.29 is 4.74 Å². The summed E-state index contributed by atoms with van der Waals surface area (Å²) >= 11 is 0. The molecule has 0 bridgehead atoms. The molecule has 0 unspecified atom stereocenters. The second kappa shape index (κ2) is 3.42. The van der Waals surface area contributed by atoms with Crippen LogP contribution in [0.25, 0.3) is 0 Å². The van der Waals surface area contributed by atoms with Crippen LogP contribution in [0.2, 0.25) is 0 Å². The van der Waals surface area contributed by atoms with E-state index in [4.69, 9.17) is 4.74 Å². The van der Waals surface area contributed by atoms with E-state index in [2.05, 4.69) is 18.1 Å². The van der Waals surface area contributed by atoms with Crippen molar-refractivity contribution in [1.82, 2.24) is 4.90 Å². The highest BCUT2D eigenvalue weighted by atomic mass is 16.5. The lowest BCUT2D eigenvalue weighted by atomic mass is 10.3. The zero-order valence-corrected chi connectivity index (χ0v) is 6.18. The molecule has 1 aliphatic heterocycles. The maximum absolute atomic E-state index is 5.18. The van der Waals surface area contributed by atoms with Crippen LogP contribution in [0, 0.1) is 0 Å². The van der Waals surface area contributed by atoms with Gasteiger partial charge in [-0.15, -0.1) is 0 Å². The van der Waals surface area contributed by atoms with Crippen molar-refractivity contribution in [2.45, 2.75) is 0 Å². The van der Waals surface area contributed by atoms with E-state index in [-0.39, 0.29) is 0 Å². The molecule has 1 rings (SSSR count). The van der Waals surface area contributed by atoms with Crippen molar-refractivity contribution in [2.24, 2.45) is 0 Å². The molecule has 0 N–H and O–H groups in total. The van der Waals surface area contributed by atoms with Crippen molar-refractivity contribution in [3.05, 3.63) is 24.9 Å². The Labute approximate surface area is 61.8 Å². The van der Waals surface area contributed by atoms with E-state index in [1.165, 1.54) is 0 Å². The Hall–Kier alpha value is -0.760. The minimum absolute atomic E-state index is 0.812. The molecule has 0 aromatic carbocycles. The summed E-state index contributed by atoms with van der Waals surface area (Å²) in [6.07, 6.45) is 1.78. The summed E-state index contributed by atoms with van der Waals surface area (Å²) in [5, 5.41) is 0. The molecule has 0 atom stereocenters. The standard InChI is InChI=1S/C8H13NO/c1-3-8(2)9-4-6-10-7-5-9/h3H,1-2,4-7H2. The van der Waals surface area contributed by atoms with Crippen molar-refractivity contribution in [2.75, 3.05) is 26.3 Å². The molecule has 56 valence electrons. The highest BCUT2D eigenvalue weighted by Gasteiger charge is 2.08. The number of hydrogen-bond donors (Lipinski definition) is 0. The first-order valence-corrected chi connectivity index (χ1v) is 3.48. The van der Waals surface area contributed by atoms with Gasteiger partial charge in [-0.25, -0.2) is 0 Å². The van der Waals surface area contributed by atoms with E-state index in [0.29, 0.717) is 0 Å². The molecular formula is C8H13NO. The van der Waals surface area contributed by atoms with Gasteiger partial charge in [-0.1, -0.05) is 13.2 Å². The second-order valence-corrected chi connectivity index (χ2v) is 2.29. The van der Waals surface area contributed by atoms with Gasteiger partial charge in [0, 0.05) is 18.8 Å². The van der Waals surface area contributed by atoms with Gasteiger partial charge in [0.2, 0.25) is 0 Å². The maximum Gasteiger partial charge on any atom is 0.0642 e. The zero-order valence-electron chi connectivity index (χ0n) is 6.18. The number of ether oxygens (including phenoxy) is 1. The Bertz CT molecular complexity index is 136. The molecule has 0 saturated carbocycles. The Balaban J connectivity index is 2.38. The molecule has 10 heavy (non-hydrogen) atoms. The van der Waals surface area contributed by atoms with Crippen LogP contribution in [0.15, 0.2) is 24.9 Å². The van der Waals surface area contributed by atoms with Crippen molar-refractivity contribution in [3.8, 4) is 0 Å². The van der Waals surface area contributed by atoms with Crippen LogP contribution >= 0.6 is 0 Å². The van der Waals surface area contributed by atoms with Gasteiger partial charge in [0.15, 0.2) is 0 Å². The Morgan fingerprint density at radius 3 is 2.50 bits per heavy atom. The fraction of sp³-hybridized carbons (Fsp3) is 0.500. The molecule has 1 fully saturated rings. The van der Waals surface area contributed by atoms with Gasteiger partial charge < -0.3 is 9.64 Å². The predicted octanol–water partition coefficient (Wildman–Crippen LogP) is 1.02. The molecule has 1 saturated heterocycles. The number of hydrogen-bond acceptors (Lipinski definition) is 2. The molecule has 2 heteroatoms. The van der Waals surface area contributed by atoms with E-state index in [1.807, 2.05) is 0 Å². The van der Waals surface area contributed by atoms with Gasteiger partial charge in [0.25, 0.3) is 0 Å². The summed E-state index contributed by atoms with van der Waals surface area (Å²) < 4.78 is 5.18. The first-order valence-electron chi connectivity index (χ1n) is 3.48. The molecule has 2 nitrogen and oxygen atoms in total. The Kier molecular flexibility index (Phi) is 2.51. The Morgan fingerprint density at radius 1 is 1.40 bits per heavy atom. The maximum atomic E-state index is 5.18. The van der Waals surface area contributed by atoms with Crippen LogP contribution < -0.4 is 0 Å². The number of allylic oxidation sites excluding steroid dienone is 1. The smallest absolute Gasteiger partial charge is 0.0642 e. The molecule has 0 aliphatic carbocycles. The van der Waals surface area contributed by atoms with E-state index in [9.17, 15) is 0 Å². The summed E-state index contributed by atoms with van der Waals surface area (Å²) in [6.45, 7) is 11.0. The van der Waals surface area contributed by atoms with Crippen LogP contribution in [-0.2, 0) is 4.74 Å². The molecular weight excluding hydrogens is 126 g/mol. The molecule has 1 aliphatic rings. The number of rotatable bonds is 2. The van der Waals surface area contributed by atoms with Crippen molar-refractivity contribution in [3.63, 3.8) is 0 Å². The monoisotopic (exact) mass is 139 g/mol. The summed E-state index contributed by atoms with van der Waals surface area (Å²) in [7, 11) is 0. The van der Waals surface area contributed by atoms with E-state index in [1.54, 1.807) is 6.08 Å². The minimum atomic E-state index is 0.812. The van der Waals surface area contributed by atoms with Crippen LogP contribution in [0.1, 0.15) is 0 Å². The van der Waals surface area contributed by atoms with Crippen LogP contribution in [0.3, 0.4) is 0 Å². The van der Waals surface area contributed by atoms with E-state index in [0.717, 1.165) is 32.0 Å². The lowest BCUT2D eigenvalue weighted by molar-refractivity contribution is 0.0556. The molecule has 0 spiro atoms. The van der Waals surface area contributed by atoms with Gasteiger partial charge >= 0.3 is 0 Å². The highest BCUT2D eigenvalue weighted by molar-refractivity contribution is 5.09. The average molecular weight is 139 g/mol. The lowest BCUT2D eigenvalue weighted by Crippen LogP contribution is -2.34. The second-order valence-electron chi connectivity index (χ2n) is 2.29. The first kappa shape index (κ1) is 7.35. The van der Waals surface area contributed by atoms with E-state index < -0.39 is 0 Å². The van der Waals surface area contributed by atoms with Gasteiger partial charge in [-0.05, 0) is 6.08 Å². The molecule has 0 amide bonds. The Morgan fingerprint density at radius 2 is 2.00 bits per heavy atom. The predicted molar refractivity (Wildman–Crippen MR) is 41.7 cm³/mol. The zero-order chi connectivity index (χ0) is 7.40. The molecule has 1 heterocycles.